The lowest BCUT2D eigenvalue weighted by Gasteiger charge is -2.09. The van der Waals surface area contributed by atoms with E-state index in [-0.39, 0.29) is 33.5 Å². The molecule has 0 aliphatic carbocycles. The second kappa shape index (κ2) is 19.4. The fourth-order valence-electron chi connectivity index (χ4n) is 1.54. The Balaban J connectivity index is -0.000000135. The van der Waals surface area contributed by atoms with Gasteiger partial charge in [-0.25, -0.2) is 0 Å². The summed E-state index contributed by atoms with van der Waals surface area (Å²) in [5.41, 5.74) is 0. The van der Waals surface area contributed by atoms with E-state index < -0.39 is 10.2 Å². The molecule has 0 saturated heterocycles. The smallest absolute Gasteiger partial charge is 0.294 e. The third kappa shape index (κ3) is 23.5. The number of hydrogen-bond acceptors (Lipinski definition) is 6. The summed E-state index contributed by atoms with van der Waals surface area (Å²) >= 11 is 0. The molecule has 0 aromatic heterocycles. The zero-order chi connectivity index (χ0) is 16.0. The van der Waals surface area contributed by atoms with Gasteiger partial charge in [-0.2, -0.15) is 0 Å². The highest BCUT2D eigenvalue weighted by atomic mass is 17.0. The van der Waals surface area contributed by atoms with Crippen LogP contribution in [-0.4, -0.2) is 22.9 Å². The van der Waals surface area contributed by atoms with E-state index >= 15 is 0 Å². The van der Waals surface area contributed by atoms with Gasteiger partial charge in [0.2, 0.25) is 0 Å². The molecule has 0 aromatic carbocycles. The van der Waals surface area contributed by atoms with Gasteiger partial charge in [0.25, 0.3) is 10.2 Å². The summed E-state index contributed by atoms with van der Waals surface area (Å²) in [6.07, 6.45) is 4.20. The van der Waals surface area contributed by atoms with Gasteiger partial charge in [-0.3, -0.25) is 0 Å². The average molecular weight is 326 g/mol. The summed E-state index contributed by atoms with van der Waals surface area (Å²) in [5, 5.41) is 18.1. The summed E-state index contributed by atoms with van der Waals surface area (Å²) in [7, 11) is 0. The molecule has 0 saturated carbocycles. The van der Waals surface area contributed by atoms with Crippen molar-refractivity contribution in [3.05, 3.63) is 20.2 Å². The molecule has 0 aliphatic heterocycles. The van der Waals surface area contributed by atoms with Gasteiger partial charge >= 0.3 is 0 Å². The highest BCUT2D eigenvalue weighted by Gasteiger charge is 2.08. The van der Waals surface area contributed by atoms with Crippen LogP contribution in [0.5, 0.6) is 0 Å². The molecule has 0 rings (SSSR count). The summed E-state index contributed by atoms with van der Waals surface area (Å²) < 4.78 is 0. The third-order valence-electron chi connectivity index (χ3n) is 2.55. The molecule has 0 radical (unpaired) electrons. The SMILES string of the molecule is C.C.CCCC(C)CO[N+](=O)[O-].CCCC(CC)O[N+](=O)[O-]. The number of nitrogens with zero attached hydrogens (tertiary/aromatic N) is 2. The zero-order valence-corrected chi connectivity index (χ0v) is 12.7. The van der Waals surface area contributed by atoms with Crippen LogP contribution in [0.3, 0.4) is 0 Å². The number of hydrogen-bond donors (Lipinski definition) is 0. The highest BCUT2D eigenvalue weighted by molar-refractivity contribution is 4.50. The molecule has 8 nitrogen and oxygen atoms in total. The molecule has 0 bridgehead atoms. The summed E-state index contributed by atoms with van der Waals surface area (Å²) in [4.78, 5) is 28.1. The van der Waals surface area contributed by atoms with Crippen molar-refractivity contribution in [1.29, 1.82) is 0 Å². The molecule has 0 N–H and O–H groups in total. The second-order valence-corrected chi connectivity index (χ2v) is 4.56. The second-order valence-electron chi connectivity index (χ2n) is 4.56. The van der Waals surface area contributed by atoms with Crippen molar-refractivity contribution in [1.82, 2.24) is 0 Å². The molecule has 0 heterocycles. The lowest BCUT2D eigenvalue weighted by molar-refractivity contribution is -0.768. The van der Waals surface area contributed by atoms with Crippen molar-refractivity contribution < 1.29 is 19.8 Å². The summed E-state index contributed by atoms with van der Waals surface area (Å²) in [5.74, 6) is 0.287. The van der Waals surface area contributed by atoms with Crippen LogP contribution in [0.15, 0.2) is 0 Å². The van der Waals surface area contributed by atoms with Crippen LogP contribution in [0.4, 0.5) is 0 Å². The zero-order valence-electron chi connectivity index (χ0n) is 12.7. The molecular formula is C14H34N2O6. The molecule has 22 heavy (non-hydrogen) atoms. The maximum absolute atomic E-state index is 9.83. The molecule has 0 aromatic rings. The van der Waals surface area contributed by atoms with Crippen LogP contribution >= 0.6 is 0 Å². The van der Waals surface area contributed by atoms with Gasteiger partial charge in [0.05, 0.1) is 6.61 Å². The van der Waals surface area contributed by atoms with Crippen molar-refractivity contribution in [2.24, 2.45) is 5.92 Å². The normalized spacial score (nSPS) is 11.5. The van der Waals surface area contributed by atoms with Gasteiger partial charge in [0, 0.05) is 0 Å². The predicted octanol–water partition coefficient (Wildman–Crippen LogP) is 4.68. The van der Waals surface area contributed by atoms with Crippen molar-refractivity contribution in [2.45, 2.75) is 80.8 Å². The predicted molar refractivity (Wildman–Crippen MR) is 87.5 cm³/mol. The first-order chi connectivity index (χ1) is 9.37. The van der Waals surface area contributed by atoms with Crippen LogP contribution in [-0.2, 0) is 9.68 Å². The largest absolute Gasteiger partial charge is 0.314 e. The first-order valence-corrected chi connectivity index (χ1v) is 6.95. The fraction of sp³-hybridized carbons (Fsp3) is 1.00. The van der Waals surface area contributed by atoms with E-state index in [4.69, 9.17) is 0 Å². The van der Waals surface area contributed by atoms with Crippen LogP contribution < -0.4 is 0 Å². The number of rotatable bonds is 10. The van der Waals surface area contributed by atoms with E-state index in [0.717, 1.165) is 25.7 Å². The Morgan fingerprint density at radius 3 is 1.77 bits per heavy atom. The lowest BCUT2D eigenvalue weighted by atomic mass is 10.1. The van der Waals surface area contributed by atoms with E-state index in [2.05, 4.69) is 9.68 Å². The van der Waals surface area contributed by atoms with E-state index in [0.29, 0.717) is 6.42 Å². The minimum atomic E-state index is -0.744. The molecule has 2 atom stereocenters. The van der Waals surface area contributed by atoms with Crippen molar-refractivity contribution in [3.8, 4) is 0 Å². The van der Waals surface area contributed by atoms with E-state index in [1.54, 1.807) is 0 Å². The molecule has 8 heteroatoms. The summed E-state index contributed by atoms with van der Waals surface area (Å²) in [6, 6.07) is 0. The van der Waals surface area contributed by atoms with Crippen LogP contribution in [0.25, 0.3) is 0 Å². The molecule has 0 amide bonds. The monoisotopic (exact) mass is 326 g/mol. The van der Waals surface area contributed by atoms with E-state index in [9.17, 15) is 20.2 Å². The van der Waals surface area contributed by atoms with E-state index in [1.807, 2.05) is 27.7 Å². The van der Waals surface area contributed by atoms with Crippen LogP contribution in [0, 0.1) is 26.1 Å². The maximum atomic E-state index is 9.83. The Morgan fingerprint density at radius 1 is 0.955 bits per heavy atom. The van der Waals surface area contributed by atoms with E-state index in [1.165, 1.54) is 0 Å². The standard InChI is InChI=1S/2C6H13NO3.2CH4/c1-3-4-6(2)5-10-7(8)9;1-3-5-6(4-2)10-7(8)9;;/h2*6H,3-5H2,1-2H3;2*1H4. The van der Waals surface area contributed by atoms with Gasteiger partial charge in [-0.15, -0.1) is 20.2 Å². The molecular weight excluding hydrogens is 292 g/mol. The van der Waals surface area contributed by atoms with Gasteiger partial charge in [-0.05, 0) is 25.2 Å². The Bertz CT molecular complexity index is 264. The molecule has 0 aliphatic rings. The molecule has 0 spiro atoms. The maximum Gasteiger partial charge on any atom is 0.294 e. The molecule has 2 unspecified atom stereocenters. The average Bonchev–Trinajstić information content (AvgIpc) is 2.36. The quantitative estimate of drug-likeness (QED) is 0.426. The Labute approximate surface area is 134 Å². The topological polar surface area (TPSA) is 105 Å². The molecule has 0 fully saturated rings. The Hall–Kier alpha value is -1.60. The van der Waals surface area contributed by atoms with Crippen molar-refractivity contribution >= 4 is 0 Å². The van der Waals surface area contributed by atoms with Gasteiger partial charge in [0.15, 0.2) is 0 Å². The molecule has 136 valence electrons. The van der Waals surface area contributed by atoms with Gasteiger partial charge < -0.3 is 9.68 Å². The minimum absolute atomic E-state index is 0. The Kier molecular flexibility index (Phi) is 25.2. The van der Waals surface area contributed by atoms with Crippen molar-refractivity contribution in [3.63, 3.8) is 0 Å². The third-order valence-corrected chi connectivity index (χ3v) is 2.55. The summed E-state index contributed by atoms with van der Waals surface area (Å²) in [6.45, 7) is 8.06. The van der Waals surface area contributed by atoms with Crippen LogP contribution in [0.2, 0.25) is 0 Å². The van der Waals surface area contributed by atoms with Gasteiger partial charge in [-0.1, -0.05) is 55.4 Å². The Morgan fingerprint density at radius 2 is 1.45 bits per heavy atom. The highest BCUT2D eigenvalue weighted by Crippen LogP contribution is 2.05. The van der Waals surface area contributed by atoms with Crippen molar-refractivity contribution in [2.75, 3.05) is 6.61 Å². The van der Waals surface area contributed by atoms with Gasteiger partial charge in [0.1, 0.15) is 6.10 Å². The minimum Gasteiger partial charge on any atom is -0.314 e. The fourth-order valence-corrected chi connectivity index (χ4v) is 1.54. The lowest BCUT2D eigenvalue weighted by Crippen LogP contribution is -2.15. The van der Waals surface area contributed by atoms with Crippen LogP contribution in [0.1, 0.15) is 74.7 Å². The first-order valence-electron chi connectivity index (χ1n) is 6.95. The first kappa shape index (κ1) is 28.5.